The molecular formula is C6H6F6O6S. The Balaban J connectivity index is 5.85. The molecule has 1 unspecified atom stereocenters. The first-order chi connectivity index (χ1) is 8.19. The van der Waals surface area contributed by atoms with Crippen LogP contribution in [0.1, 0.15) is 6.92 Å². The van der Waals surface area contributed by atoms with Gasteiger partial charge in [-0.3, -0.25) is 4.55 Å². The lowest BCUT2D eigenvalue weighted by Crippen LogP contribution is -2.61. The summed E-state index contributed by atoms with van der Waals surface area (Å²) in [6, 6.07) is 0. The highest BCUT2D eigenvalue weighted by molar-refractivity contribution is 7.81. The van der Waals surface area contributed by atoms with Crippen LogP contribution < -0.4 is 0 Å². The van der Waals surface area contributed by atoms with Crippen LogP contribution in [-0.2, 0) is 24.1 Å². The summed E-state index contributed by atoms with van der Waals surface area (Å²) in [5, 5.41) is 0. The zero-order chi connectivity index (χ0) is 15.7. The van der Waals surface area contributed by atoms with Gasteiger partial charge in [0.25, 0.3) is 0 Å². The summed E-state index contributed by atoms with van der Waals surface area (Å²) in [7, 11) is -6.14. The Kier molecular flexibility index (Phi) is 4.84. The lowest BCUT2D eigenvalue weighted by atomic mass is 10.1. The van der Waals surface area contributed by atoms with E-state index in [-0.39, 0.29) is 0 Å². The lowest BCUT2D eigenvalue weighted by molar-refractivity contribution is -0.358. The van der Waals surface area contributed by atoms with Crippen LogP contribution in [0.5, 0.6) is 0 Å². The quantitative estimate of drug-likeness (QED) is 0.465. The molecule has 13 heteroatoms. The molecule has 0 bridgehead atoms. The van der Waals surface area contributed by atoms with E-state index in [0.29, 0.717) is 0 Å². The molecule has 0 aromatic carbocycles. The SMILES string of the molecule is CCOC(=O)C(F)(OS(=O)(=O)O)C(F)(F)C(F)(F)F. The van der Waals surface area contributed by atoms with Gasteiger partial charge in [-0.15, -0.1) is 0 Å². The van der Waals surface area contributed by atoms with Crippen molar-refractivity contribution in [3.63, 3.8) is 0 Å². The third-order valence-electron chi connectivity index (χ3n) is 1.52. The van der Waals surface area contributed by atoms with Crippen molar-refractivity contribution >= 4 is 16.4 Å². The molecule has 0 radical (unpaired) electrons. The van der Waals surface area contributed by atoms with Crippen molar-refractivity contribution < 1.29 is 53.0 Å². The van der Waals surface area contributed by atoms with E-state index in [2.05, 4.69) is 8.92 Å². The monoisotopic (exact) mass is 320 g/mol. The minimum Gasteiger partial charge on any atom is -0.462 e. The lowest BCUT2D eigenvalue weighted by Gasteiger charge is -2.30. The molecule has 0 aromatic heterocycles. The summed E-state index contributed by atoms with van der Waals surface area (Å²) >= 11 is 0. The highest BCUT2D eigenvalue weighted by Crippen LogP contribution is 2.47. The number of ether oxygens (including phenoxy) is 1. The van der Waals surface area contributed by atoms with Gasteiger partial charge in [-0.25, -0.2) is 4.79 Å². The van der Waals surface area contributed by atoms with Crippen molar-refractivity contribution in [2.24, 2.45) is 0 Å². The number of carbonyl (C=O) groups excluding carboxylic acids is 1. The molecule has 0 heterocycles. The molecule has 0 aliphatic heterocycles. The van der Waals surface area contributed by atoms with Crippen molar-refractivity contribution in [1.82, 2.24) is 0 Å². The van der Waals surface area contributed by atoms with Crippen LogP contribution in [0.2, 0.25) is 0 Å². The Bertz CT molecular complexity index is 444. The molecule has 6 nitrogen and oxygen atoms in total. The van der Waals surface area contributed by atoms with Gasteiger partial charge in [-0.2, -0.15) is 38.9 Å². The van der Waals surface area contributed by atoms with Crippen LogP contribution in [-0.4, -0.2) is 43.5 Å². The molecule has 0 aliphatic carbocycles. The molecule has 0 spiro atoms. The van der Waals surface area contributed by atoms with E-state index in [1.165, 1.54) is 0 Å². The normalized spacial score (nSPS) is 16.8. The number of hydrogen-bond acceptors (Lipinski definition) is 5. The zero-order valence-electron chi connectivity index (χ0n) is 8.87. The average Bonchev–Trinajstić information content (AvgIpc) is 2.13. The number of halogens is 6. The molecule has 0 aliphatic rings. The van der Waals surface area contributed by atoms with E-state index in [4.69, 9.17) is 4.55 Å². The fourth-order valence-corrected chi connectivity index (χ4v) is 1.23. The number of carbonyl (C=O) groups is 1. The summed E-state index contributed by atoms with van der Waals surface area (Å²) in [4.78, 5) is 10.8. The fourth-order valence-electron chi connectivity index (χ4n) is 0.766. The second kappa shape index (κ2) is 5.13. The Morgan fingerprint density at radius 1 is 1.16 bits per heavy atom. The van der Waals surface area contributed by atoms with E-state index in [1.54, 1.807) is 0 Å². The van der Waals surface area contributed by atoms with Crippen molar-refractivity contribution in [2.75, 3.05) is 6.61 Å². The average molecular weight is 320 g/mol. The Labute approximate surface area is 102 Å². The third-order valence-corrected chi connectivity index (χ3v) is 1.96. The van der Waals surface area contributed by atoms with E-state index in [0.717, 1.165) is 6.92 Å². The van der Waals surface area contributed by atoms with Gasteiger partial charge in [0.2, 0.25) is 0 Å². The first-order valence-corrected chi connectivity index (χ1v) is 5.54. The Hall–Kier alpha value is -1.08. The van der Waals surface area contributed by atoms with Crippen LogP contribution in [0.4, 0.5) is 26.3 Å². The maximum Gasteiger partial charge on any atom is 0.460 e. The van der Waals surface area contributed by atoms with Crippen molar-refractivity contribution in [3.05, 3.63) is 0 Å². The molecule has 0 rings (SSSR count). The second-order valence-electron chi connectivity index (χ2n) is 2.90. The van der Waals surface area contributed by atoms with E-state index in [1.807, 2.05) is 0 Å². The van der Waals surface area contributed by atoms with E-state index < -0.39 is 40.9 Å². The van der Waals surface area contributed by atoms with Gasteiger partial charge in [-0.05, 0) is 6.92 Å². The van der Waals surface area contributed by atoms with Gasteiger partial charge in [0.05, 0.1) is 6.61 Å². The van der Waals surface area contributed by atoms with Crippen LogP contribution in [0.3, 0.4) is 0 Å². The topological polar surface area (TPSA) is 89.9 Å². The first-order valence-electron chi connectivity index (χ1n) is 4.17. The summed E-state index contributed by atoms with van der Waals surface area (Å²) in [6.45, 7) is 0.0603. The van der Waals surface area contributed by atoms with Gasteiger partial charge in [0.1, 0.15) is 0 Å². The second-order valence-corrected chi connectivity index (χ2v) is 3.92. The van der Waals surface area contributed by atoms with Crippen LogP contribution in [0, 0.1) is 0 Å². The minimum absolute atomic E-state index is 0.854. The van der Waals surface area contributed by atoms with Gasteiger partial charge >= 0.3 is 34.3 Å². The number of hydrogen-bond donors (Lipinski definition) is 1. The predicted octanol–water partition coefficient (Wildman–Crippen LogP) is 1.23. The summed E-state index contributed by atoms with van der Waals surface area (Å²) in [5.41, 5.74) is 0. The standard InChI is InChI=1S/C6H6F6O6S/c1-2-17-3(13)4(7,18-19(14,15)16)5(8,9)6(10,11)12/h2H2,1H3,(H,14,15,16). The molecule has 1 atom stereocenters. The van der Waals surface area contributed by atoms with Crippen molar-refractivity contribution in [2.45, 2.75) is 24.9 Å². The van der Waals surface area contributed by atoms with Gasteiger partial charge < -0.3 is 4.74 Å². The molecule has 1 N–H and O–H groups in total. The molecule has 19 heavy (non-hydrogen) atoms. The highest BCUT2D eigenvalue weighted by Gasteiger charge is 2.78. The van der Waals surface area contributed by atoms with Crippen LogP contribution in [0.25, 0.3) is 0 Å². The number of alkyl halides is 6. The Morgan fingerprint density at radius 3 is 1.84 bits per heavy atom. The van der Waals surface area contributed by atoms with Crippen molar-refractivity contribution in [3.8, 4) is 0 Å². The molecular weight excluding hydrogens is 314 g/mol. The summed E-state index contributed by atoms with van der Waals surface area (Å²) < 4.78 is 109. The largest absolute Gasteiger partial charge is 0.462 e. The molecule has 0 saturated carbocycles. The Morgan fingerprint density at radius 2 is 1.58 bits per heavy atom. The maximum atomic E-state index is 13.4. The fraction of sp³-hybridized carbons (Fsp3) is 0.833. The van der Waals surface area contributed by atoms with E-state index >= 15 is 0 Å². The maximum absolute atomic E-state index is 13.4. The minimum atomic E-state index is -6.68. The van der Waals surface area contributed by atoms with Gasteiger partial charge in [0.15, 0.2) is 0 Å². The van der Waals surface area contributed by atoms with Crippen molar-refractivity contribution in [1.29, 1.82) is 0 Å². The summed E-state index contributed by atoms with van der Waals surface area (Å²) in [5.74, 6) is -15.3. The summed E-state index contributed by atoms with van der Waals surface area (Å²) in [6.07, 6.45) is -6.68. The molecule has 0 fully saturated rings. The molecule has 0 saturated heterocycles. The van der Waals surface area contributed by atoms with Gasteiger partial charge in [-0.1, -0.05) is 0 Å². The first kappa shape index (κ1) is 17.9. The molecule has 114 valence electrons. The third kappa shape index (κ3) is 3.70. The molecule has 0 amide bonds. The van der Waals surface area contributed by atoms with E-state index in [9.17, 15) is 39.6 Å². The number of rotatable bonds is 5. The van der Waals surface area contributed by atoms with Gasteiger partial charge in [0, 0.05) is 0 Å². The smallest absolute Gasteiger partial charge is 0.460 e. The predicted molar refractivity (Wildman–Crippen MR) is 44.1 cm³/mol. The van der Waals surface area contributed by atoms with Crippen LogP contribution >= 0.6 is 0 Å². The van der Waals surface area contributed by atoms with Crippen LogP contribution in [0.15, 0.2) is 0 Å². The molecule has 0 aromatic rings. The number of esters is 1. The zero-order valence-corrected chi connectivity index (χ0v) is 9.69. The highest BCUT2D eigenvalue weighted by atomic mass is 32.3.